The van der Waals surface area contributed by atoms with E-state index in [9.17, 15) is 20.0 Å². The third-order valence-electron chi connectivity index (χ3n) is 3.20. The van der Waals surface area contributed by atoms with Crippen molar-refractivity contribution in [2.75, 3.05) is 0 Å². The number of rotatable bonds is 3. The van der Waals surface area contributed by atoms with Gasteiger partial charge in [0.15, 0.2) is 0 Å². The molecule has 0 saturated heterocycles. The van der Waals surface area contributed by atoms with Crippen LogP contribution in [-0.4, -0.2) is 16.2 Å². The predicted molar refractivity (Wildman–Crippen MR) is 84.5 cm³/mol. The quantitative estimate of drug-likeness (QED) is 0.346. The van der Waals surface area contributed by atoms with Gasteiger partial charge in [-0.1, -0.05) is 18.2 Å². The first-order valence-corrected chi connectivity index (χ1v) is 6.59. The molecule has 0 unspecified atom stereocenters. The zero-order valence-electron chi connectivity index (χ0n) is 11.7. The number of hydrogen-bond acceptors (Lipinski definition) is 6. The second-order valence-corrected chi connectivity index (χ2v) is 4.68. The van der Waals surface area contributed by atoms with E-state index in [1.165, 1.54) is 18.2 Å². The van der Waals surface area contributed by atoms with E-state index in [2.05, 4.69) is 4.99 Å². The van der Waals surface area contributed by atoms with Crippen molar-refractivity contribution >= 4 is 28.6 Å². The van der Waals surface area contributed by atoms with Crippen molar-refractivity contribution < 1.29 is 14.4 Å². The number of nitro benzene ring substituents is 1. The Morgan fingerprint density at radius 3 is 2.74 bits per heavy atom. The molecule has 1 aromatic heterocycles. The zero-order valence-corrected chi connectivity index (χ0v) is 11.7. The second kappa shape index (κ2) is 5.72. The fourth-order valence-corrected chi connectivity index (χ4v) is 2.09. The van der Waals surface area contributed by atoms with Crippen molar-refractivity contribution in [1.29, 1.82) is 0 Å². The monoisotopic (exact) mass is 310 g/mol. The Balaban J connectivity index is 2.06. The van der Waals surface area contributed by atoms with Gasteiger partial charge in [0.05, 0.1) is 16.0 Å². The summed E-state index contributed by atoms with van der Waals surface area (Å²) in [6, 6.07) is 12.2. The van der Waals surface area contributed by atoms with Crippen molar-refractivity contribution in [3.63, 3.8) is 0 Å². The van der Waals surface area contributed by atoms with Crippen LogP contribution in [0.2, 0.25) is 0 Å². The molecule has 0 atom stereocenters. The molecular weight excluding hydrogens is 300 g/mol. The largest absolute Gasteiger partial charge is 0.506 e. The van der Waals surface area contributed by atoms with E-state index in [0.29, 0.717) is 5.39 Å². The van der Waals surface area contributed by atoms with Gasteiger partial charge in [-0.2, -0.15) is 0 Å². The molecule has 114 valence electrons. The fraction of sp³-hybridized carbons (Fsp3) is 0. The van der Waals surface area contributed by atoms with E-state index in [-0.39, 0.29) is 28.3 Å². The predicted octanol–water partition coefficient (Wildman–Crippen LogP) is 3.16. The number of hydrogen-bond donors (Lipinski definition) is 1. The van der Waals surface area contributed by atoms with Gasteiger partial charge in [-0.25, -0.2) is 4.79 Å². The first kappa shape index (κ1) is 14.5. The molecule has 1 heterocycles. The van der Waals surface area contributed by atoms with Crippen LogP contribution in [0.3, 0.4) is 0 Å². The first-order chi connectivity index (χ1) is 11.1. The molecule has 7 nitrogen and oxygen atoms in total. The van der Waals surface area contributed by atoms with Crippen molar-refractivity contribution in [1.82, 2.24) is 0 Å². The summed E-state index contributed by atoms with van der Waals surface area (Å²) in [5, 5.41) is 21.3. The van der Waals surface area contributed by atoms with E-state index in [1.54, 1.807) is 30.3 Å². The molecule has 7 heteroatoms. The number of aromatic hydroxyl groups is 1. The SMILES string of the molecule is O=c1oc2ccccc2c(O)c1C=Nc1cccc([N+](=O)[O-])c1. The van der Waals surface area contributed by atoms with Gasteiger partial charge in [0.25, 0.3) is 5.69 Å². The number of para-hydroxylation sites is 1. The van der Waals surface area contributed by atoms with Crippen molar-refractivity contribution in [3.8, 4) is 5.75 Å². The summed E-state index contributed by atoms with van der Waals surface area (Å²) in [7, 11) is 0. The summed E-state index contributed by atoms with van der Waals surface area (Å²) in [6.45, 7) is 0. The van der Waals surface area contributed by atoms with Crippen LogP contribution in [0.25, 0.3) is 11.0 Å². The maximum absolute atomic E-state index is 11.9. The van der Waals surface area contributed by atoms with Gasteiger partial charge in [0.1, 0.15) is 16.9 Å². The van der Waals surface area contributed by atoms with Crippen molar-refractivity contribution in [3.05, 3.63) is 74.6 Å². The lowest BCUT2D eigenvalue weighted by Crippen LogP contribution is -2.06. The maximum Gasteiger partial charge on any atom is 0.348 e. The number of non-ortho nitro benzene ring substituents is 1. The smallest absolute Gasteiger partial charge is 0.348 e. The highest BCUT2D eigenvalue weighted by molar-refractivity contribution is 5.94. The summed E-state index contributed by atoms with van der Waals surface area (Å²) in [5.74, 6) is -0.244. The molecule has 0 fully saturated rings. The van der Waals surface area contributed by atoms with Crippen LogP contribution in [0, 0.1) is 10.1 Å². The zero-order chi connectivity index (χ0) is 16.4. The molecule has 0 spiro atoms. The van der Waals surface area contributed by atoms with Crippen LogP contribution in [0.15, 0.2) is 62.7 Å². The molecule has 0 amide bonds. The summed E-state index contributed by atoms with van der Waals surface area (Å²) >= 11 is 0. The van der Waals surface area contributed by atoms with Gasteiger partial charge in [0.2, 0.25) is 0 Å². The molecule has 0 aliphatic carbocycles. The lowest BCUT2D eigenvalue weighted by atomic mass is 10.1. The van der Waals surface area contributed by atoms with Crippen LogP contribution in [0.5, 0.6) is 5.75 Å². The Morgan fingerprint density at radius 1 is 1.17 bits per heavy atom. The van der Waals surface area contributed by atoms with Gasteiger partial charge in [-0.3, -0.25) is 15.1 Å². The second-order valence-electron chi connectivity index (χ2n) is 4.68. The summed E-state index contributed by atoms with van der Waals surface area (Å²) < 4.78 is 5.11. The molecule has 3 aromatic rings. The molecule has 0 aliphatic rings. The molecular formula is C16H10N2O5. The number of benzene rings is 2. The van der Waals surface area contributed by atoms with Crippen LogP contribution >= 0.6 is 0 Å². The molecule has 0 aliphatic heterocycles. The van der Waals surface area contributed by atoms with Crippen molar-refractivity contribution in [2.24, 2.45) is 4.99 Å². The van der Waals surface area contributed by atoms with Gasteiger partial charge in [-0.15, -0.1) is 0 Å². The van der Waals surface area contributed by atoms with Gasteiger partial charge >= 0.3 is 5.63 Å². The van der Waals surface area contributed by atoms with Crippen LogP contribution in [0.1, 0.15) is 5.56 Å². The Labute approximate surface area is 129 Å². The third-order valence-corrected chi connectivity index (χ3v) is 3.20. The minimum absolute atomic E-state index is 0.116. The fourth-order valence-electron chi connectivity index (χ4n) is 2.09. The average Bonchev–Trinajstić information content (AvgIpc) is 2.55. The number of aliphatic imine (C=N–C) groups is 1. The minimum atomic E-state index is -0.740. The van der Waals surface area contributed by atoms with Gasteiger partial charge in [-0.05, 0) is 18.2 Å². The number of nitrogens with zero attached hydrogens (tertiary/aromatic N) is 2. The Kier molecular flexibility index (Phi) is 3.60. The Hall–Kier alpha value is -3.48. The lowest BCUT2D eigenvalue weighted by molar-refractivity contribution is -0.384. The molecule has 23 heavy (non-hydrogen) atoms. The minimum Gasteiger partial charge on any atom is -0.506 e. The maximum atomic E-state index is 11.9. The number of fused-ring (bicyclic) bond motifs is 1. The van der Waals surface area contributed by atoms with Gasteiger partial charge < -0.3 is 9.52 Å². The first-order valence-electron chi connectivity index (χ1n) is 6.59. The summed E-state index contributed by atoms with van der Waals surface area (Å²) in [6.07, 6.45) is 1.13. The third kappa shape index (κ3) is 2.80. The van der Waals surface area contributed by atoms with Crippen LogP contribution < -0.4 is 5.63 Å². The average molecular weight is 310 g/mol. The van der Waals surface area contributed by atoms with Crippen LogP contribution in [-0.2, 0) is 0 Å². The molecule has 1 N–H and O–H groups in total. The topological polar surface area (TPSA) is 106 Å². The van der Waals surface area contributed by atoms with Gasteiger partial charge in [0, 0.05) is 18.3 Å². The van der Waals surface area contributed by atoms with Crippen molar-refractivity contribution in [2.45, 2.75) is 0 Å². The molecule has 3 rings (SSSR count). The van der Waals surface area contributed by atoms with E-state index in [0.717, 1.165) is 6.21 Å². The van der Waals surface area contributed by atoms with E-state index >= 15 is 0 Å². The summed E-state index contributed by atoms with van der Waals surface area (Å²) in [4.78, 5) is 26.1. The summed E-state index contributed by atoms with van der Waals surface area (Å²) in [5.41, 5.74) is -0.423. The Bertz CT molecular complexity index is 991. The van der Waals surface area contributed by atoms with E-state index < -0.39 is 10.5 Å². The van der Waals surface area contributed by atoms with E-state index in [1.807, 2.05) is 0 Å². The highest BCUT2D eigenvalue weighted by Crippen LogP contribution is 2.26. The molecule has 0 radical (unpaired) electrons. The number of nitro groups is 1. The normalized spacial score (nSPS) is 11.1. The molecule has 0 saturated carbocycles. The highest BCUT2D eigenvalue weighted by atomic mass is 16.6. The Morgan fingerprint density at radius 2 is 1.96 bits per heavy atom. The highest BCUT2D eigenvalue weighted by Gasteiger charge is 2.12. The molecule has 0 bridgehead atoms. The standard InChI is InChI=1S/C16H10N2O5/c19-15-12-6-1-2-7-14(12)23-16(20)13(15)9-17-10-4-3-5-11(8-10)18(21)22/h1-9,19H. The van der Waals surface area contributed by atoms with Crippen LogP contribution in [0.4, 0.5) is 11.4 Å². The molecule has 2 aromatic carbocycles. The lowest BCUT2D eigenvalue weighted by Gasteiger charge is -2.02. The van der Waals surface area contributed by atoms with E-state index in [4.69, 9.17) is 4.42 Å².